The Hall–Kier alpha value is -1.33. The first-order valence-corrected chi connectivity index (χ1v) is 7.37. The average Bonchev–Trinajstić information content (AvgIpc) is 2.87. The van der Waals surface area contributed by atoms with Crippen LogP contribution in [0.25, 0.3) is 0 Å². The molecule has 3 heterocycles. The Balaban J connectivity index is 1.65. The van der Waals surface area contributed by atoms with Crippen LogP contribution < -0.4 is 0 Å². The molecule has 1 aromatic heterocycles. The van der Waals surface area contributed by atoms with Crippen LogP contribution >= 0.6 is 0 Å². The molecule has 5 nitrogen and oxygen atoms in total. The number of hydrogen-bond acceptors (Lipinski definition) is 4. The Morgan fingerprint density at radius 2 is 2.30 bits per heavy atom. The fourth-order valence-electron chi connectivity index (χ4n) is 3.73. The minimum Gasteiger partial charge on any atom is -0.478 e. The quantitative estimate of drug-likeness (QED) is 0.915. The largest absolute Gasteiger partial charge is 0.478 e. The summed E-state index contributed by atoms with van der Waals surface area (Å²) in [6.07, 6.45) is 5.20. The first-order chi connectivity index (χ1) is 9.65. The number of likely N-dealkylation sites (tertiary alicyclic amines) is 2. The summed E-state index contributed by atoms with van der Waals surface area (Å²) in [5.41, 5.74) is 0.299. The summed E-state index contributed by atoms with van der Waals surface area (Å²) >= 11 is 0. The van der Waals surface area contributed by atoms with Crippen LogP contribution in [-0.2, 0) is 6.54 Å². The number of fused-ring (bicyclic) bond motifs is 1. The van der Waals surface area contributed by atoms with Gasteiger partial charge in [0, 0.05) is 19.1 Å². The van der Waals surface area contributed by atoms with Gasteiger partial charge in [-0.05, 0) is 44.8 Å². The maximum atomic E-state index is 11.1. The van der Waals surface area contributed by atoms with Crippen molar-refractivity contribution >= 4 is 5.97 Å². The van der Waals surface area contributed by atoms with Crippen molar-refractivity contribution in [3.05, 3.63) is 23.7 Å². The zero-order valence-electron chi connectivity index (χ0n) is 11.9. The van der Waals surface area contributed by atoms with E-state index in [1.54, 1.807) is 6.07 Å². The predicted octanol–water partition coefficient (Wildman–Crippen LogP) is 1.89. The lowest BCUT2D eigenvalue weighted by atomic mass is 9.84. The highest BCUT2D eigenvalue weighted by Crippen LogP contribution is 2.30. The Morgan fingerprint density at radius 1 is 1.45 bits per heavy atom. The molecule has 0 aliphatic carbocycles. The monoisotopic (exact) mass is 278 g/mol. The number of rotatable bonds is 3. The molecule has 2 unspecified atom stereocenters. The van der Waals surface area contributed by atoms with Crippen molar-refractivity contribution in [2.24, 2.45) is 5.92 Å². The molecule has 2 atom stereocenters. The van der Waals surface area contributed by atoms with Crippen LogP contribution in [0.4, 0.5) is 0 Å². The van der Waals surface area contributed by atoms with E-state index in [-0.39, 0.29) is 0 Å². The molecular formula is C15H22N2O3. The van der Waals surface area contributed by atoms with Gasteiger partial charge in [-0.1, -0.05) is 0 Å². The molecule has 0 aromatic carbocycles. The second kappa shape index (κ2) is 5.58. The van der Waals surface area contributed by atoms with Gasteiger partial charge < -0.3 is 14.4 Å². The average molecular weight is 278 g/mol. The van der Waals surface area contributed by atoms with E-state index in [9.17, 15) is 4.79 Å². The molecule has 2 aliphatic heterocycles. The van der Waals surface area contributed by atoms with E-state index < -0.39 is 5.97 Å². The maximum Gasteiger partial charge on any atom is 0.339 e. The van der Waals surface area contributed by atoms with Crippen LogP contribution in [-0.4, -0.2) is 53.6 Å². The second-order valence-electron chi connectivity index (χ2n) is 6.04. The molecule has 0 radical (unpaired) electrons. The first-order valence-electron chi connectivity index (χ1n) is 7.37. The fraction of sp³-hybridized carbons (Fsp3) is 0.667. The summed E-state index contributed by atoms with van der Waals surface area (Å²) in [5, 5.41) is 9.12. The van der Waals surface area contributed by atoms with Crippen molar-refractivity contribution in [1.29, 1.82) is 0 Å². The van der Waals surface area contributed by atoms with E-state index in [0.29, 0.717) is 29.8 Å². The molecule has 1 N–H and O–H groups in total. The molecule has 110 valence electrons. The van der Waals surface area contributed by atoms with Gasteiger partial charge in [-0.15, -0.1) is 0 Å². The van der Waals surface area contributed by atoms with E-state index in [0.717, 1.165) is 13.1 Å². The summed E-state index contributed by atoms with van der Waals surface area (Å²) in [6, 6.07) is 2.24. The Morgan fingerprint density at radius 3 is 3.10 bits per heavy atom. The van der Waals surface area contributed by atoms with E-state index in [1.165, 1.54) is 32.1 Å². The van der Waals surface area contributed by atoms with Crippen molar-refractivity contribution < 1.29 is 14.3 Å². The van der Waals surface area contributed by atoms with Crippen LogP contribution in [0.5, 0.6) is 0 Å². The normalized spacial score (nSPS) is 28.2. The lowest BCUT2D eigenvalue weighted by Gasteiger charge is -2.45. The van der Waals surface area contributed by atoms with Crippen LogP contribution in [0.15, 0.2) is 16.7 Å². The molecule has 1 aromatic rings. The van der Waals surface area contributed by atoms with Gasteiger partial charge in [0.2, 0.25) is 0 Å². The standard InChI is InChI=1S/C15H22N2O3/c1-16-6-2-3-11-9-17(7-4-13(11)16)10-14-12(15(18)19)5-8-20-14/h5,8,11,13H,2-4,6-7,9-10H2,1H3,(H,18,19). The second-order valence-corrected chi connectivity index (χ2v) is 6.04. The molecule has 20 heavy (non-hydrogen) atoms. The zero-order valence-corrected chi connectivity index (χ0v) is 11.9. The van der Waals surface area contributed by atoms with E-state index in [4.69, 9.17) is 9.52 Å². The van der Waals surface area contributed by atoms with Gasteiger partial charge in [-0.2, -0.15) is 0 Å². The van der Waals surface area contributed by atoms with E-state index in [2.05, 4.69) is 16.8 Å². The lowest BCUT2D eigenvalue weighted by molar-refractivity contribution is 0.0326. The molecular weight excluding hydrogens is 256 g/mol. The summed E-state index contributed by atoms with van der Waals surface area (Å²) in [7, 11) is 2.22. The van der Waals surface area contributed by atoms with Crippen LogP contribution in [0.3, 0.4) is 0 Å². The number of aromatic carboxylic acids is 1. The van der Waals surface area contributed by atoms with Crippen molar-refractivity contribution in [3.8, 4) is 0 Å². The summed E-state index contributed by atoms with van der Waals surface area (Å²) in [6.45, 7) is 3.89. The molecule has 0 spiro atoms. The molecule has 0 amide bonds. The SMILES string of the molecule is CN1CCCC2CN(Cc3occc3C(=O)O)CCC21. The number of carboxylic acid groups (broad SMARTS) is 1. The number of furan rings is 1. The van der Waals surface area contributed by atoms with Gasteiger partial charge in [0.05, 0.1) is 12.8 Å². The Kier molecular flexibility index (Phi) is 3.81. The molecule has 0 saturated carbocycles. The van der Waals surface area contributed by atoms with Gasteiger partial charge in [-0.3, -0.25) is 4.90 Å². The third-order valence-electron chi connectivity index (χ3n) is 4.77. The zero-order chi connectivity index (χ0) is 14.1. The minimum absolute atomic E-state index is 0.299. The highest BCUT2D eigenvalue weighted by Gasteiger charge is 2.34. The Labute approximate surface area is 119 Å². The minimum atomic E-state index is -0.902. The summed E-state index contributed by atoms with van der Waals surface area (Å²) in [5.74, 6) is 0.395. The summed E-state index contributed by atoms with van der Waals surface area (Å²) < 4.78 is 5.35. The molecule has 2 aliphatic rings. The number of hydrogen-bond donors (Lipinski definition) is 1. The Bertz CT molecular complexity index is 485. The molecule has 2 fully saturated rings. The third-order valence-corrected chi connectivity index (χ3v) is 4.77. The van der Waals surface area contributed by atoms with E-state index in [1.807, 2.05) is 0 Å². The van der Waals surface area contributed by atoms with Crippen molar-refractivity contribution in [2.75, 3.05) is 26.7 Å². The molecule has 2 saturated heterocycles. The van der Waals surface area contributed by atoms with Crippen molar-refractivity contribution in [1.82, 2.24) is 9.80 Å². The first kappa shape index (κ1) is 13.6. The van der Waals surface area contributed by atoms with Crippen molar-refractivity contribution in [2.45, 2.75) is 31.8 Å². The lowest BCUT2D eigenvalue weighted by Crippen LogP contribution is -2.52. The topological polar surface area (TPSA) is 56.9 Å². The smallest absolute Gasteiger partial charge is 0.339 e. The fourth-order valence-corrected chi connectivity index (χ4v) is 3.73. The van der Waals surface area contributed by atoms with E-state index >= 15 is 0 Å². The van der Waals surface area contributed by atoms with Gasteiger partial charge >= 0.3 is 5.97 Å². The molecule has 0 bridgehead atoms. The third kappa shape index (κ3) is 2.60. The van der Waals surface area contributed by atoms with Gasteiger partial charge in [0.15, 0.2) is 0 Å². The van der Waals surface area contributed by atoms with Crippen molar-refractivity contribution in [3.63, 3.8) is 0 Å². The highest BCUT2D eigenvalue weighted by molar-refractivity contribution is 5.88. The maximum absolute atomic E-state index is 11.1. The number of nitrogens with zero attached hydrogens (tertiary/aromatic N) is 2. The van der Waals surface area contributed by atoms with Crippen LogP contribution in [0, 0.1) is 5.92 Å². The van der Waals surface area contributed by atoms with Crippen LogP contribution in [0.1, 0.15) is 35.4 Å². The van der Waals surface area contributed by atoms with Gasteiger partial charge in [-0.25, -0.2) is 4.79 Å². The van der Waals surface area contributed by atoms with Gasteiger partial charge in [0.1, 0.15) is 11.3 Å². The summed E-state index contributed by atoms with van der Waals surface area (Å²) in [4.78, 5) is 15.9. The molecule has 5 heteroatoms. The van der Waals surface area contributed by atoms with Gasteiger partial charge in [0.25, 0.3) is 0 Å². The number of carbonyl (C=O) groups is 1. The predicted molar refractivity (Wildman–Crippen MR) is 74.7 cm³/mol. The highest BCUT2D eigenvalue weighted by atomic mass is 16.4. The number of piperidine rings is 2. The van der Waals surface area contributed by atoms with Crippen LogP contribution in [0.2, 0.25) is 0 Å². The molecule has 3 rings (SSSR count). The number of carboxylic acids is 1.